The fourth-order valence-corrected chi connectivity index (χ4v) is 2.50. The van der Waals surface area contributed by atoms with Crippen LogP contribution in [0, 0.1) is 6.92 Å². The van der Waals surface area contributed by atoms with E-state index < -0.39 is 0 Å². The highest BCUT2D eigenvalue weighted by Gasteiger charge is 2.09. The third-order valence-electron chi connectivity index (χ3n) is 3.59. The number of aromatic nitrogens is 2. The Morgan fingerprint density at radius 2 is 2.15 bits per heavy atom. The van der Waals surface area contributed by atoms with Crippen LogP contribution in [0.2, 0.25) is 0 Å². The van der Waals surface area contributed by atoms with Crippen molar-refractivity contribution < 1.29 is 0 Å². The lowest BCUT2D eigenvalue weighted by Crippen LogP contribution is -2.16. The van der Waals surface area contributed by atoms with Crippen LogP contribution in [0.5, 0.6) is 0 Å². The molecule has 0 amide bonds. The second kappa shape index (κ2) is 6.60. The molecule has 1 unspecified atom stereocenters. The summed E-state index contributed by atoms with van der Waals surface area (Å²) in [6, 6.07) is 9.22. The second-order valence-corrected chi connectivity index (χ2v) is 5.59. The fourth-order valence-electron chi connectivity index (χ4n) is 2.50. The first-order chi connectivity index (χ1) is 9.58. The molecule has 0 radical (unpaired) electrons. The van der Waals surface area contributed by atoms with Crippen molar-refractivity contribution in [2.45, 2.75) is 46.1 Å². The Morgan fingerprint density at radius 3 is 2.85 bits per heavy atom. The van der Waals surface area contributed by atoms with Gasteiger partial charge in [0.25, 0.3) is 0 Å². The van der Waals surface area contributed by atoms with Gasteiger partial charge >= 0.3 is 0 Å². The van der Waals surface area contributed by atoms with E-state index in [9.17, 15) is 0 Å². The highest BCUT2D eigenvalue weighted by molar-refractivity contribution is 5.47. The van der Waals surface area contributed by atoms with Crippen molar-refractivity contribution in [1.82, 2.24) is 9.78 Å². The van der Waals surface area contributed by atoms with Crippen LogP contribution in [0.15, 0.2) is 30.5 Å². The van der Waals surface area contributed by atoms with Gasteiger partial charge in [0.15, 0.2) is 0 Å². The van der Waals surface area contributed by atoms with Gasteiger partial charge in [-0.3, -0.25) is 4.68 Å². The molecule has 20 heavy (non-hydrogen) atoms. The van der Waals surface area contributed by atoms with Gasteiger partial charge in [-0.1, -0.05) is 36.8 Å². The summed E-state index contributed by atoms with van der Waals surface area (Å²) in [4.78, 5) is 0. The highest BCUT2D eigenvalue weighted by atomic mass is 15.3. The maximum Gasteiger partial charge on any atom is 0.0853 e. The minimum absolute atomic E-state index is 0.449. The van der Waals surface area contributed by atoms with Gasteiger partial charge in [0, 0.05) is 19.3 Å². The van der Waals surface area contributed by atoms with E-state index in [1.807, 2.05) is 11.7 Å². The Kier molecular flexibility index (Phi) is 4.83. The minimum atomic E-state index is 0.449. The summed E-state index contributed by atoms with van der Waals surface area (Å²) in [5.74, 6) is 0. The van der Waals surface area contributed by atoms with Crippen molar-refractivity contribution in [3.63, 3.8) is 0 Å². The Hall–Kier alpha value is -1.77. The van der Waals surface area contributed by atoms with Crippen LogP contribution in [-0.2, 0) is 19.9 Å². The molecule has 3 nitrogen and oxygen atoms in total. The second-order valence-electron chi connectivity index (χ2n) is 5.59. The topological polar surface area (TPSA) is 29.9 Å². The number of hydrogen-bond acceptors (Lipinski definition) is 2. The summed E-state index contributed by atoms with van der Waals surface area (Å²) in [6.45, 7) is 6.53. The molecular formula is C17H25N3. The molecule has 1 heterocycles. The number of hydrogen-bond donors (Lipinski definition) is 1. The SMILES string of the molecule is CCc1nn(C)cc1NC(C)CCc1cccc(C)c1. The van der Waals surface area contributed by atoms with Crippen molar-refractivity contribution in [3.8, 4) is 0 Å². The number of nitrogens with zero attached hydrogens (tertiary/aromatic N) is 2. The normalized spacial score (nSPS) is 12.4. The van der Waals surface area contributed by atoms with Crippen molar-refractivity contribution >= 4 is 5.69 Å². The van der Waals surface area contributed by atoms with E-state index in [1.54, 1.807) is 0 Å². The first-order valence-corrected chi connectivity index (χ1v) is 7.43. The van der Waals surface area contributed by atoms with Crippen LogP contribution in [-0.4, -0.2) is 15.8 Å². The van der Waals surface area contributed by atoms with Gasteiger partial charge in [-0.25, -0.2) is 0 Å². The molecule has 108 valence electrons. The molecule has 0 spiro atoms. The molecule has 2 rings (SSSR count). The van der Waals surface area contributed by atoms with Crippen LogP contribution in [0.4, 0.5) is 5.69 Å². The number of rotatable bonds is 6. The standard InChI is InChI=1S/C17H25N3/c1-5-16-17(12-20(4)19-16)18-14(3)9-10-15-8-6-7-13(2)11-15/h6-8,11-12,14,18H,5,9-10H2,1-4H3. The van der Waals surface area contributed by atoms with Crippen molar-refractivity contribution in [3.05, 3.63) is 47.3 Å². The summed E-state index contributed by atoms with van der Waals surface area (Å²) < 4.78 is 1.88. The number of anilines is 1. The van der Waals surface area contributed by atoms with Gasteiger partial charge in [-0.05, 0) is 38.7 Å². The van der Waals surface area contributed by atoms with E-state index in [0.717, 1.165) is 25.0 Å². The van der Waals surface area contributed by atoms with Gasteiger partial charge in [0.2, 0.25) is 0 Å². The van der Waals surface area contributed by atoms with Crippen LogP contribution >= 0.6 is 0 Å². The summed E-state index contributed by atoms with van der Waals surface area (Å²) in [5.41, 5.74) is 5.07. The molecule has 1 aromatic heterocycles. The maximum absolute atomic E-state index is 4.47. The Morgan fingerprint density at radius 1 is 1.35 bits per heavy atom. The lowest BCUT2D eigenvalue weighted by molar-refractivity contribution is 0.704. The largest absolute Gasteiger partial charge is 0.380 e. The zero-order valence-corrected chi connectivity index (χ0v) is 13.0. The molecule has 3 heteroatoms. The summed E-state index contributed by atoms with van der Waals surface area (Å²) in [7, 11) is 1.97. The average Bonchev–Trinajstić information content (AvgIpc) is 2.76. The van der Waals surface area contributed by atoms with Crippen LogP contribution in [0.25, 0.3) is 0 Å². The third-order valence-corrected chi connectivity index (χ3v) is 3.59. The van der Waals surface area contributed by atoms with Crippen molar-refractivity contribution in [1.29, 1.82) is 0 Å². The quantitative estimate of drug-likeness (QED) is 0.867. The summed E-state index contributed by atoms with van der Waals surface area (Å²) in [5, 5.41) is 8.05. The molecule has 0 aliphatic rings. The van der Waals surface area contributed by atoms with Gasteiger partial charge in [0.1, 0.15) is 0 Å². The lowest BCUT2D eigenvalue weighted by atomic mass is 10.0. The van der Waals surface area contributed by atoms with Crippen LogP contribution in [0.1, 0.15) is 37.1 Å². The number of benzene rings is 1. The molecule has 0 bridgehead atoms. The predicted octanol–water partition coefficient (Wildman–Crippen LogP) is 3.72. The smallest absolute Gasteiger partial charge is 0.0853 e. The van der Waals surface area contributed by atoms with E-state index in [1.165, 1.54) is 16.8 Å². The van der Waals surface area contributed by atoms with E-state index in [0.29, 0.717) is 6.04 Å². The lowest BCUT2D eigenvalue weighted by Gasteiger charge is -2.15. The molecule has 0 fully saturated rings. The molecule has 2 aromatic rings. The van der Waals surface area contributed by atoms with E-state index >= 15 is 0 Å². The zero-order chi connectivity index (χ0) is 14.5. The average molecular weight is 271 g/mol. The highest BCUT2D eigenvalue weighted by Crippen LogP contribution is 2.17. The first kappa shape index (κ1) is 14.6. The molecule has 1 N–H and O–H groups in total. The third kappa shape index (κ3) is 3.86. The van der Waals surface area contributed by atoms with Gasteiger partial charge in [0.05, 0.1) is 11.4 Å². The fraction of sp³-hybridized carbons (Fsp3) is 0.471. The summed E-state index contributed by atoms with van der Waals surface area (Å²) >= 11 is 0. The maximum atomic E-state index is 4.47. The molecule has 0 aliphatic heterocycles. The monoisotopic (exact) mass is 271 g/mol. The Bertz CT molecular complexity index is 557. The first-order valence-electron chi connectivity index (χ1n) is 7.43. The van der Waals surface area contributed by atoms with Gasteiger partial charge in [-0.15, -0.1) is 0 Å². The molecule has 1 atom stereocenters. The molecule has 1 aromatic carbocycles. The molecule has 0 aliphatic carbocycles. The molecular weight excluding hydrogens is 246 g/mol. The van der Waals surface area contributed by atoms with E-state index in [2.05, 4.69) is 61.6 Å². The molecule has 0 saturated carbocycles. The van der Waals surface area contributed by atoms with Gasteiger partial charge < -0.3 is 5.32 Å². The predicted molar refractivity (Wildman–Crippen MR) is 85.2 cm³/mol. The minimum Gasteiger partial charge on any atom is -0.380 e. The Balaban J connectivity index is 1.90. The van der Waals surface area contributed by atoms with Crippen molar-refractivity contribution in [2.75, 3.05) is 5.32 Å². The van der Waals surface area contributed by atoms with E-state index in [-0.39, 0.29) is 0 Å². The Labute approximate surface area is 122 Å². The van der Waals surface area contributed by atoms with Gasteiger partial charge in [-0.2, -0.15) is 5.10 Å². The molecule has 0 saturated heterocycles. The number of nitrogens with one attached hydrogen (secondary N) is 1. The van der Waals surface area contributed by atoms with Crippen LogP contribution < -0.4 is 5.32 Å². The number of aryl methyl sites for hydroxylation is 4. The van der Waals surface area contributed by atoms with E-state index in [4.69, 9.17) is 0 Å². The zero-order valence-electron chi connectivity index (χ0n) is 13.0. The van der Waals surface area contributed by atoms with Crippen molar-refractivity contribution in [2.24, 2.45) is 7.05 Å². The summed E-state index contributed by atoms with van der Waals surface area (Å²) in [6.07, 6.45) is 5.27. The van der Waals surface area contributed by atoms with Crippen LogP contribution in [0.3, 0.4) is 0 Å².